The molecule has 0 spiro atoms. The number of unbranched alkanes of at least 4 members (excludes halogenated alkanes) is 1. The lowest BCUT2D eigenvalue weighted by molar-refractivity contribution is -0.176. The van der Waals surface area contributed by atoms with Gasteiger partial charge in [0.1, 0.15) is 0 Å². The molecule has 0 saturated carbocycles. The van der Waals surface area contributed by atoms with E-state index in [9.17, 15) is 4.79 Å². The van der Waals surface area contributed by atoms with E-state index in [1.54, 1.807) is 0 Å². The standard InChI is InChI=1S/C9H12.C5H10O2.H2O2/c1-8(2)9-6-4-3-5-7-9;1-2-3-4-5(6)7;1-2/h3-8H,1-2H3;2-4H2,1H3,(H,6,7);1-2H. The smallest absolute Gasteiger partial charge is 0.303 e. The lowest BCUT2D eigenvalue weighted by Crippen LogP contribution is -1.91. The zero-order valence-corrected chi connectivity index (χ0v) is 11.3. The van der Waals surface area contributed by atoms with E-state index in [1.165, 1.54) is 5.56 Å². The molecule has 0 aliphatic rings. The maximum atomic E-state index is 9.76. The number of carboxylic acid groups (broad SMARTS) is 1. The molecule has 1 aromatic carbocycles. The first-order valence-corrected chi connectivity index (χ1v) is 6.04. The Balaban J connectivity index is 0. The minimum atomic E-state index is -0.693. The maximum Gasteiger partial charge on any atom is 0.303 e. The van der Waals surface area contributed by atoms with Crippen LogP contribution in [0.2, 0.25) is 0 Å². The summed E-state index contributed by atoms with van der Waals surface area (Å²) in [5, 5.41) is 20.0. The maximum absolute atomic E-state index is 9.76. The molecule has 1 rings (SSSR count). The molecule has 0 radical (unpaired) electrons. The highest BCUT2D eigenvalue weighted by atomic mass is 17.0. The van der Waals surface area contributed by atoms with Crippen molar-refractivity contribution in [3.63, 3.8) is 0 Å². The van der Waals surface area contributed by atoms with Crippen LogP contribution in [-0.4, -0.2) is 21.6 Å². The summed E-state index contributed by atoms with van der Waals surface area (Å²) in [6.45, 7) is 6.38. The fraction of sp³-hybridized carbons (Fsp3) is 0.500. The normalized spacial score (nSPS) is 8.78. The SMILES string of the molecule is CC(C)c1ccccc1.CCCCC(=O)O.OO. The van der Waals surface area contributed by atoms with E-state index >= 15 is 0 Å². The molecule has 4 heteroatoms. The van der Waals surface area contributed by atoms with E-state index in [1.807, 2.05) is 13.0 Å². The van der Waals surface area contributed by atoms with Crippen LogP contribution in [0.5, 0.6) is 0 Å². The van der Waals surface area contributed by atoms with Gasteiger partial charge in [-0.1, -0.05) is 57.5 Å². The van der Waals surface area contributed by atoms with Gasteiger partial charge >= 0.3 is 5.97 Å². The van der Waals surface area contributed by atoms with Crippen LogP contribution in [0.4, 0.5) is 0 Å². The molecule has 0 atom stereocenters. The first kappa shape index (κ1) is 19.0. The van der Waals surface area contributed by atoms with Gasteiger partial charge in [0, 0.05) is 6.42 Å². The van der Waals surface area contributed by atoms with Crippen LogP contribution in [0, 0.1) is 0 Å². The quantitative estimate of drug-likeness (QED) is 0.560. The molecule has 0 heterocycles. The minimum Gasteiger partial charge on any atom is -0.481 e. The Kier molecular flexibility index (Phi) is 14.4. The number of rotatable bonds is 4. The van der Waals surface area contributed by atoms with Gasteiger partial charge in [-0.3, -0.25) is 15.3 Å². The number of hydrogen-bond donors (Lipinski definition) is 3. The number of carboxylic acids is 1. The number of carbonyl (C=O) groups is 1. The predicted octanol–water partition coefficient (Wildman–Crippen LogP) is 4.09. The number of benzene rings is 1. The molecule has 1 aromatic rings. The lowest BCUT2D eigenvalue weighted by Gasteiger charge is -2.01. The molecule has 0 unspecified atom stereocenters. The first-order valence-electron chi connectivity index (χ1n) is 6.04. The Hall–Kier alpha value is -1.39. The van der Waals surface area contributed by atoms with E-state index in [0.29, 0.717) is 12.3 Å². The Morgan fingerprint density at radius 2 is 1.67 bits per heavy atom. The Bertz CT molecular complexity index is 283. The zero-order chi connectivity index (χ0) is 14.4. The monoisotopic (exact) mass is 256 g/mol. The first-order chi connectivity index (χ1) is 8.57. The second-order valence-corrected chi connectivity index (χ2v) is 4.06. The highest BCUT2D eigenvalue weighted by Crippen LogP contribution is 2.11. The van der Waals surface area contributed by atoms with Crippen LogP contribution >= 0.6 is 0 Å². The molecule has 0 bridgehead atoms. The molecule has 0 fully saturated rings. The Labute approximate surface area is 109 Å². The lowest BCUT2D eigenvalue weighted by atomic mass is 10.0. The van der Waals surface area contributed by atoms with Gasteiger partial charge in [-0.05, 0) is 17.9 Å². The molecule has 0 aromatic heterocycles. The van der Waals surface area contributed by atoms with Gasteiger partial charge in [-0.2, -0.15) is 0 Å². The highest BCUT2D eigenvalue weighted by Gasteiger charge is 1.93. The molecule has 0 aliphatic carbocycles. The second-order valence-electron chi connectivity index (χ2n) is 4.06. The van der Waals surface area contributed by atoms with Gasteiger partial charge in [0.2, 0.25) is 0 Å². The zero-order valence-electron chi connectivity index (χ0n) is 11.3. The molecule has 0 amide bonds. The number of aliphatic carboxylic acids is 1. The van der Waals surface area contributed by atoms with E-state index in [4.69, 9.17) is 15.6 Å². The van der Waals surface area contributed by atoms with Crippen LogP contribution in [-0.2, 0) is 4.79 Å². The molecule has 104 valence electrons. The Morgan fingerprint density at radius 1 is 1.17 bits per heavy atom. The van der Waals surface area contributed by atoms with Gasteiger partial charge in [0.05, 0.1) is 0 Å². The molecule has 0 saturated heterocycles. The average molecular weight is 256 g/mol. The van der Waals surface area contributed by atoms with Crippen molar-refractivity contribution in [2.24, 2.45) is 0 Å². The van der Waals surface area contributed by atoms with Crippen LogP contribution in [0.15, 0.2) is 30.3 Å². The Morgan fingerprint density at radius 3 is 1.89 bits per heavy atom. The van der Waals surface area contributed by atoms with E-state index in [0.717, 1.165) is 12.8 Å². The summed E-state index contributed by atoms with van der Waals surface area (Å²) in [5.41, 5.74) is 1.41. The van der Waals surface area contributed by atoms with E-state index in [-0.39, 0.29) is 0 Å². The van der Waals surface area contributed by atoms with Crippen molar-refractivity contribution in [3.8, 4) is 0 Å². The third-order valence-electron chi connectivity index (χ3n) is 2.21. The fourth-order valence-electron chi connectivity index (χ4n) is 1.17. The van der Waals surface area contributed by atoms with Crippen molar-refractivity contribution >= 4 is 5.97 Å². The molecular formula is C14H24O4. The summed E-state index contributed by atoms with van der Waals surface area (Å²) in [6.07, 6.45) is 2.08. The third kappa shape index (κ3) is 12.7. The van der Waals surface area contributed by atoms with Crippen molar-refractivity contribution < 1.29 is 20.4 Å². The number of hydrogen-bond acceptors (Lipinski definition) is 3. The van der Waals surface area contributed by atoms with Crippen molar-refractivity contribution in [2.45, 2.75) is 46.0 Å². The van der Waals surface area contributed by atoms with Gasteiger partial charge in [-0.25, -0.2) is 0 Å². The third-order valence-corrected chi connectivity index (χ3v) is 2.21. The summed E-state index contributed by atoms with van der Waals surface area (Å²) in [6, 6.07) is 10.5. The van der Waals surface area contributed by atoms with Crippen LogP contribution in [0.25, 0.3) is 0 Å². The summed E-state index contributed by atoms with van der Waals surface area (Å²) >= 11 is 0. The topological polar surface area (TPSA) is 77.8 Å². The summed E-state index contributed by atoms with van der Waals surface area (Å²) in [7, 11) is 0. The van der Waals surface area contributed by atoms with Gasteiger partial charge < -0.3 is 5.11 Å². The molecule has 0 aliphatic heterocycles. The van der Waals surface area contributed by atoms with Crippen LogP contribution in [0.1, 0.15) is 51.5 Å². The van der Waals surface area contributed by atoms with Crippen LogP contribution in [0.3, 0.4) is 0 Å². The predicted molar refractivity (Wildman–Crippen MR) is 72.9 cm³/mol. The van der Waals surface area contributed by atoms with Gasteiger partial charge in [0.15, 0.2) is 0 Å². The highest BCUT2D eigenvalue weighted by molar-refractivity contribution is 5.66. The van der Waals surface area contributed by atoms with Gasteiger partial charge in [-0.15, -0.1) is 0 Å². The molecule has 18 heavy (non-hydrogen) atoms. The van der Waals surface area contributed by atoms with Crippen LogP contribution < -0.4 is 0 Å². The fourth-order valence-corrected chi connectivity index (χ4v) is 1.17. The summed E-state index contributed by atoms with van der Waals surface area (Å²) in [5.74, 6) is -0.0342. The largest absolute Gasteiger partial charge is 0.481 e. The van der Waals surface area contributed by atoms with Crippen molar-refractivity contribution in [1.29, 1.82) is 0 Å². The van der Waals surface area contributed by atoms with E-state index < -0.39 is 5.97 Å². The van der Waals surface area contributed by atoms with Crippen molar-refractivity contribution in [3.05, 3.63) is 35.9 Å². The van der Waals surface area contributed by atoms with E-state index in [2.05, 4.69) is 38.1 Å². The average Bonchev–Trinajstić information content (AvgIpc) is 2.40. The van der Waals surface area contributed by atoms with Crippen molar-refractivity contribution in [1.82, 2.24) is 0 Å². The van der Waals surface area contributed by atoms with Crippen molar-refractivity contribution in [2.75, 3.05) is 0 Å². The van der Waals surface area contributed by atoms with Gasteiger partial charge in [0.25, 0.3) is 0 Å². The summed E-state index contributed by atoms with van der Waals surface area (Å²) in [4.78, 5) is 9.76. The second kappa shape index (κ2) is 13.7. The minimum absolute atomic E-state index is 0.316. The molecular weight excluding hydrogens is 232 g/mol. The molecule has 3 N–H and O–H groups in total. The summed E-state index contributed by atoms with van der Waals surface area (Å²) < 4.78 is 0. The molecule has 4 nitrogen and oxygen atoms in total.